The van der Waals surface area contributed by atoms with Crippen LogP contribution in [0.2, 0.25) is 0 Å². The molecule has 1 aliphatic rings. The van der Waals surface area contributed by atoms with Crippen LogP contribution in [0, 0.1) is 11.8 Å². The largest absolute Gasteiger partial charge is 0.324 e. The predicted molar refractivity (Wildman–Crippen MR) is 154 cm³/mol. The van der Waals surface area contributed by atoms with E-state index in [4.69, 9.17) is 0 Å². The average Bonchev–Trinajstić information content (AvgIpc) is 3.18. The van der Waals surface area contributed by atoms with Crippen LogP contribution in [0.3, 0.4) is 0 Å². The molecule has 200 valence electrons. The monoisotopic (exact) mass is 541 g/mol. The normalized spacial score (nSPS) is 17.7. The zero-order valence-electron chi connectivity index (χ0n) is 21.7. The lowest BCUT2D eigenvalue weighted by Gasteiger charge is -2.15. The van der Waals surface area contributed by atoms with Gasteiger partial charge in [-0.25, -0.2) is 18.4 Å². The topological polar surface area (TPSA) is 113 Å². The van der Waals surface area contributed by atoms with E-state index in [1.54, 1.807) is 66.9 Å². The van der Waals surface area contributed by atoms with Gasteiger partial charge in [-0.3, -0.25) is 9.52 Å². The van der Waals surface area contributed by atoms with Gasteiger partial charge in [0.2, 0.25) is 5.95 Å². The third kappa shape index (κ3) is 6.68. The van der Waals surface area contributed by atoms with Crippen LogP contribution in [0.1, 0.15) is 30.1 Å². The van der Waals surface area contributed by atoms with Gasteiger partial charge < -0.3 is 10.6 Å². The summed E-state index contributed by atoms with van der Waals surface area (Å²) in [6, 6.07) is 24.5. The van der Waals surface area contributed by atoms with E-state index in [1.165, 1.54) is 0 Å². The highest BCUT2D eigenvalue weighted by Crippen LogP contribution is 2.25. The standard InChI is InChI=1S/C30H31N5O3S/c1-21-19-24(15-17-31-20-21)29(36)23-9-11-25(12-10-23)33-30-32-18-16-28(34-30)22-7-13-26(14-8-22)35-39(37,38)27-5-3-2-4-6-27/h2-14,16,18,21,24,31,35H,15,17,19-20H2,1H3,(H,32,33,34)/t21-,24?/m1/s1. The number of sulfonamides is 1. The fourth-order valence-electron chi connectivity index (χ4n) is 4.73. The van der Waals surface area contributed by atoms with Crippen molar-refractivity contribution in [2.24, 2.45) is 11.8 Å². The highest BCUT2D eigenvalue weighted by atomic mass is 32.2. The Balaban J connectivity index is 1.24. The number of hydrogen-bond donors (Lipinski definition) is 3. The summed E-state index contributed by atoms with van der Waals surface area (Å²) < 4.78 is 27.8. The highest BCUT2D eigenvalue weighted by molar-refractivity contribution is 7.92. The Morgan fingerprint density at radius 3 is 2.38 bits per heavy atom. The van der Waals surface area contributed by atoms with Crippen LogP contribution in [0.25, 0.3) is 11.3 Å². The lowest BCUT2D eigenvalue weighted by Crippen LogP contribution is -2.18. The van der Waals surface area contributed by atoms with Crippen molar-refractivity contribution in [3.05, 3.63) is 96.7 Å². The molecule has 9 heteroatoms. The molecule has 1 fully saturated rings. The van der Waals surface area contributed by atoms with E-state index in [0.29, 0.717) is 23.2 Å². The minimum absolute atomic E-state index is 0.0499. The molecule has 4 aromatic rings. The fraction of sp³-hybridized carbons (Fsp3) is 0.233. The van der Waals surface area contributed by atoms with Gasteiger partial charge in [0.1, 0.15) is 0 Å². The number of carbonyl (C=O) groups excluding carboxylic acids is 1. The van der Waals surface area contributed by atoms with Crippen LogP contribution in [0.5, 0.6) is 0 Å². The van der Waals surface area contributed by atoms with Crippen LogP contribution < -0.4 is 15.4 Å². The number of benzene rings is 3. The first-order valence-corrected chi connectivity index (χ1v) is 14.5. The van der Waals surface area contributed by atoms with E-state index < -0.39 is 10.0 Å². The number of carbonyl (C=O) groups is 1. The van der Waals surface area contributed by atoms with Crippen molar-refractivity contribution in [2.75, 3.05) is 23.1 Å². The Hall–Kier alpha value is -4.08. The summed E-state index contributed by atoms with van der Waals surface area (Å²) in [5.74, 6) is 1.16. The maximum Gasteiger partial charge on any atom is 0.261 e. The first-order valence-electron chi connectivity index (χ1n) is 13.0. The average molecular weight is 542 g/mol. The van der Waals surface area contributed by atoms with Crippen LogP contribution >= 0.6 is 0 Å². The first kappa shape index (κ1) is 26.5. The number of nitrogens with one attached hydrogen (secondary N) is 3. The number of anilines is 3. The quantitative estimate of drug-likeness (QED) is 0.252. The van der Waals surface area contributed by atoms with Crippen molar-refractivity contribution < 1.29 is 13.2 Å². The molecule has 5 rings (SSSR count). The summed E-state index contributed by atoms with van der Waals surface area (Å²) in [4.78, 5) is 22.2. The third-order valence-corrected chi connectivity index (χ3v) is 8.18. The third-order valence-electron chi connectivity index (χ3n) is 6.79. The highest BCUT2D eigenvalue weighted by Gasteiger charge is 2.24. The molecule has 39 heavy (non-hydrogen) atoms. The maximum atomic E-state index is 13.0. The van der Waals surface area contributed by atoms with Crippen molar-refractivity contribution in [1.29, 1.82) is 0 Å². The molecule has 0 amide bonds. The molecular weight excluding hydrogens is 510 g/mol. The van der Waals surface area contributed by atoms with Crippen LogP contribution in [-0.2, 0) is 10.0 Å². The summed E-state index contributed by atoms with van der Waals surface area (Å²) in [6.45, 7) is 4.02. The molecule has 2 atom stereocenters. The number of Topliss-reactive ketones (excluding diaryl/α,β-unsaturated/α-hetero) is 1. The minimum Gasteiger partial charge on any atom is -0.324 e. The summed E-state index contributed by atoms with van der Waals surface area (Å²) in [6.07, 6.45) is 3.44. The van der Waals surface area contributed by atoms with E-state index in [0.717, 1.165) is 42.7 Å². The molecule has 8 nitrogen and oxygen atoms in total. The molecule has 1 aliphatic heterocycles. The van der Waals surface area contributed by atoms with E-state index in [1.807, 2.05) is 24.3 Å². The number of nitrogens with zero attached hydrogens (tertiary/aromatic N) is 2. The lowest BCUT2D eigenvalue weighted by atomic mass is 9.88. The second-order valence-electron chi connectivity index (χ2n) is 9.86. The van der Waals surface area contributed by atoms with Crippen molar-refractivity contribution >= 4 is 33.1 Å². The van der Waals surface area contributed by atoms with E-state index in [2.05, 4.69) is 32.2 Å². The molecule has 2 heterocycles. The second-order valence-corrected chi connectivity index (χ2v) is 11.5. The Kier molecular flexibility index (Phi) is 7.99. The van der Waals surface area contributed by atoms with E-state index >= 15 is 0 Å². The second kappa shape index (κ2) is 11.8. The lowest BCUT2D eigenvalue weighted by molar-refractivity contribution is 0.0902. The molecular formula is C30H31N5O3S. The summed E-state index contributed by atoms with van der Waals surface area (Å²) in [7, 11) is -3.66. The zero-order valence-corrected chi connectivity index (χ0v) is 22.5. The van der Waals surface area contributed by atoms with Gasteiger partial charge in [-0.15, -0.1) is 0 Å². The molecule has 0 radical (unpaired) electrons. The smallest absolute Gasteiger partial charge is 0.261 e. The number of hydrogen-bond acceptors (Lipinski definition) is 7. The van der Waals surface area contributed by atoms with Gasteiger partial charge in [0.15, 0.2) is 5.78 Å². The summed E-state index contributed by atoms with van der Waals surface area (Å²) in [5, 5.41) is 6.60. The van der Waals surface area contributed by atoms with Gasteiger partial charge in [-0.05, 0) is 86.4 Å². The SMILES string of the molecule is C[C@H]1CNCCC(C(=O)c2ccc(Nc3nccc(-c4ccc(NS(=O)(=O)c5ccccc5)cc4)n3)cc2)C1. The molecule has 1 saturated heterocycles. The minimum atomic E-state index is -3.66. The van der Waals surface area contributed by atoms with Crippen molar-refractivity contribution in [2.45, 2.75) is 24.7 Å². The molecule has 0 bridgehead atoms. The summed E-state index contributed by atoms with van der Waals surface area (Å²) >= 11 is 0. The van der Waals surface area contributed by atoms with Crippen LogP contribution in [0.15, 0.2) is 96.0 Å². The van der Waals surface area contributed by atoms with E-state index in [9.17, 15) is 13.2 Å². The molecule has 1 aromatic heterocycles. The predicted octanol–water partition coefficient (Wildman–Crippen LogP) is 5.51. The number of rotatable bonds is 8. The van der Waals surface area contributed by atoms with E-state index in [-0.39, 0.29) is 16.6 Å². The Labute approximate surface area is 229 Å². The van der Waals surface area contributed by atoms with Crippen molar-refractivity contribution in [1.82, 2.24) is 15.3 Å². The van der Waals surface area contributed by atoms with Gasteiger partial charge in [0.25, 0.3) is 10.0 Å². The van der Waals surface area contributed by atoms with Gasteiger partial charge in [0, 0.05) is 34.6 Å². The fourth-order valence-corrected chi connectivity index (χ4v) is 5.81. The first-order chi connectivity index (χ1) is 18.9. The molecule has 0 spiro atoms. The van der Waals surface area contributed by atoms with Gasteiger partial charge in [0.05, 0.1) is 10.6 Å². The maximum absolute atomic E-state index is 13.0. The molecule has 1 unspecified atom stereocenters. The summed E-state index contributed by atoms with van der Waals surface area (Å²) in [5.41, 5.74) is 3.46. The van der Waals surface area contributed by atoms with Gasteiger partial charge in [-0.2, -0.15) is 0 Å². The molecule has 3 N–H and O–H groups in total. The molecule has 0 aliphatic carbocycles. The molecule has 0 saturated carbocycles. The van der Waals surface area contributed by atoms with Crippen molar-refractivity contribution in [3.8, 4) is 11.3 Å². The number of aromatic nitrogens is 2. The zero-order chi connectivity index (χ0) is 27.2. The van der Waals surface area contributed by atoms with Gasteiger partial charge >= 0.3 is 0 Å². The Morgan fingerprint density at radius 1 is 0.923 bits per heavy atom. The Morgan fingerprint density at radius 2 is 1.64 bits per heavy atom. The number of ketones is 1. The molecule has 3 aromatic carbocycles. The van der Waals surface area contributed by atoms with Gasteiger partial charge in [-0.1, -0.05) is 37.3 Å². The Bertz CT molecular complexity index is 1530. The van der Waals surface area contributed by atoms with Crippen LogP contribution in [-0.4, -0.2) is 37.3 Å². The van der Waals surface area contributed by atoms with Crippen LogP contribution in [0.4, 0.5) is 17.3 Å². The van der Waals surface area contributed by atoms with Crippen molar-refractivity contribution in [3.63, 3.8) is 0 Å².